The van der Waals surface area contributed by atoms with Gasteiger partial charge in [-0.25, -0.2) is 0 Å². The maximum atomic E-state index is 12.9. The van der Waals surface area contributed by atoms with Crippen molar-refractivity contribution in [2.75, 3.05) is 26.6 Å². The number of rotatable bonds is 5. The lowest BCUT2D eigenvalue weighted by Gasteiger charge is -2.11. The number of fused-ring (bicyclic) bond motifs is 3. The van der Waals surface area contributed by atoms with Gasteiger partial charge in [0.25, 0.3) is 5.91 Å². The SMILES string of the molecule is COc1ccc(NC(=O)c2nn(C)c3c2Cc2cc(OC)c(OC)cc2-3)cc1. The molecular weight excluding hydrogens is 358 g/mol. The molecule has 7 nitrogen and oxygen atoms in total. The molecule has 0 spiro atoms. The van der Waals surface area contributed by atoms with Crippen molar-refractivity contribution in [3.63, 3.8) is 0 Å². The number of amides is 1. The van der Waals surface area contributed by atoms with Crippen LogP contribution in [0.4, 0.5) is 5.69 Å². The maximum absolute atomic E-state index is 12.9. The van der Waals surface area contributed by atoms with Crippen molar-refractivity contribution in [1.29, 1.82) is 0 Å². The quantitative estimate of drug-likeness (QED) is 0.576. The Balaban J connectivity index is 1.67. The summed E-state index contributed by atoms with van der Waals surface area (Å²) in [5, 5.41) is 7.37. The van der Waals surface area contributed by atoms with Gasteiger partial charge in [0.15, 0.2) is 17.2 Å². The second kappa shape index (κ2) is 6.92. The van der Waals surface area contributed by atoms with Crippen LogP contribution >= 0.6 is 0 Å². The molecule has 0 saturated heterocycles. The van der Waals surface area contributed by atoms with Crippen LogP contribution in [0.2, 0.25) is 0 Å². The van der Waals surface area contributed by atoms with Gasteiger partial charge < -0.3 is 19.5 Å². The molecular formula is C21H21N3O4. The van der Waals surface area contributed by atoms with Crippen molar-refractivity contribution in [1.82, 2.24) is 9.78 Å². The molecule has 1 N–H and O–H groups in total. The van der Waals surface area contributed by atoms with Gasteiger partial charge in [0.1, 0.15) is 5.75 Å². The van der Waals surface area contributed by atoms with Crippen molar-refractivity contribution in [2.45, 2.75) is 6.42 Å². The van der Waals surface area contributed by atoms with Crippen LogP contribution in [0.15, 0.2) is 36.4 Å². The summed E-state index contributed by atoms with van der Waals surface area (Å²) in [6.07, 6.45) is 0.615. The van der Waals surface area contributed by atoms with Gasteiger partial charge in [-0.1, -0.05) is 0 Å². The van der Waals surface area contributed by atoms with E-state index in [9.17, 15) is 4.79 Å². The fourth-order valence-corrected chi connectivity index (χ4v) is 3.60. The third-order valence-corrected chi connectivity index (χ3v) is 4.94. The molecule has 2 aromatic carbocycles. The first kappa shape index (κ1) is 17.9. The minimum Gasteiger partial charge on any atom is -0.497 e. The van der Waals surface area contributed by atoms with E-state index < -0.39 is 0 Å². The smallest absolute Gasteiger partial charge is 0.276 e. The highest BCUT2D eigenvalue weighted by Crippen LogP contribution is 2.43. The van der Waals surface area contributed by atoms with Crippen LogP contribution < -0.4 is 19.5 Å². The van der Waals surface area contributed by atoms with Crippen LogP contribution in [-0.2, 0) is 13.5 Å². The standard InChI is InChI=1S/C21H21N3O4/c1-24-20-15-11-18(28-4)17(27-3)10-12(15)9-16(20)19(23-24)21(25)22-13-5-7-14(26-2)8-6-13/h5-8,10-11H,9H2,1-4H3,(H,22,25). The zero-order valence-electron chi connectivity index (χ0n) is 16.2. The number of aromatic nitrogens is 2. The van der Waals surface area contributed by atoms with E-state index in [0.717, 1.165) is 28.1 Å². The lowest BCUT2D eigenvalue weighted by atomic mass is 10.1. The highest BCUT2D eigenvalue weighted by molar-refractivity contribution is 6.05. The van der Waals surface area contributed by atoms with E-state index in [1.807, 2.05) is 19.2 Å². The molecule has 1 heterocycles. The van der Waals surface area contributed by atoms with E-state index in [-0.39, 0.29) is 5.91 Å². The van der Waals surface area contributed by atoms with Crippen LogP contribution in [0.3, 0.4) is 0 Å². The molecule has 0 saturated carbocycles. The number of hydrogen-bond donors (Lipinski definition) is 1. The average Bonchev–Trinajstić information content (AvgIpc) is 3.24. The van der Waals surface area contributed by atoms with Crippen molar-refractivity contribution in [2.24, 2.45) is 7.05 Å². The van der Waals surface area contributed by atoms with E-state index in [0.29, 0.717) is 29.3 Å². The summed E-state index contributed by atoms with van der Waals surface area (Å²) in [5.74, 6) is 1.81. The number of aryl methyl sites for hydroxylation is 1. The Bertz CT molecular complexity index is 1050. The summed E-state index contributed by atoms with van der Waals surface area (Å²) in [5.41, 5.74) is 5.02. The highest BCUT2D eigenvalue weighted by atomic mass is 16.5. The van der Waals surface area contributed by atoms with Crippen LogP contribution in [0, 0.1) is 0 Å². The topological polar surface area (TPSA) is 74.6 Å². The average molecular weight is 379 g/mol. The molecule has 0 fully saturated rings. The molecule has 1 aliphatic carbocycles. The number of benzene rings is 2. The summed E-state index contributed by atoms with van der Waals surface area (Å²) in [6.45, 7) is 0. The molecule has 3 aromatic rings. The number of methoxy groups -OCH3 is 3. The predicted octanol–water partition coefficient (Wildman–Crippen LogP) is 3.27. The second-order valence-electron chi connectivity index (χ2n) is 6.52. The fourth-order valence-electron chi connectivity index (χ4n) is 3.60. The number of ether oxygens (including phenoxy) is 3. The van der Waals surface area contributed by atoms with Crippen LogP contribution in [0.25, 0.3) is 11.3 Å². The summed E-state index contributed by atoms with van der Waals surface area (Å²) >= 11 is 0. The van der Waals surface area contributed by atoms with Gasteiger partial charge in [-0.15, -0.1) is 0 Å². The molecule has 1 aliphatic rings. The van der Waals surface area contributed by atoms with Crippen molar-refractivity contribution in [3.8, 4) is 28.5 Å². The van der Waals surface area contributed by atoms with Crippen LogP contribution in [0.1, 0.15) is 21.6 Å². The van der Waals surface area contributed by atoms with Crippen molar-refractivity contribution >= 4 is 11.6 Å². The van der Waals surface area contributed by atoms with Crippen molar-refractivity contribution in [3.05, 3.63) is 53.2 Å². The summed E-state index contributed by atoms with van der Waals surface area (Å²) in [4.78, 5) is 12.9. The first-order valence-electron chi connectivity index (χ1n) is 8.82. The molecule has 0 unspecified atom stereocenters. The van der Waals surface area contributed by atoms with Gasteiger partial charge in [-0.3, -0.25) is 9.48 Å². The number of nitrogens with zero attached hydrogens (tertiary/aromatic N) is 2. The molecule has 0 aliphatic heterocycles. The predicted molar refractivity (Wildman–Crippen MR) is 106 cm³/mol. The van der Waals surface area contributed by atoms with Gasteiger partial charge >= 0.3 is 0 Å². The summed E-state index contributed by atoms with van der Waals surface area (Å²) < 4.78 is 17.7. The Labute approximate surface area is 162 Å². The molecule has 0 atom stereocenters. The van der Waals surface area contributed by atoms with Gasteiger partial charge in [0.05, 0.1) is 27.0 Å². The number of anilines is 1. The normalized spacial score (nSPS) is 11.6. The minimum absolute atomic E-state index is 0.242. The first-order valence-corrected chi connectivity index (χ1v) is 8.82. The third kappa shape index (κ3) is 2.85. The zero-order valence-corrected chi connectivity index (χ0v) is 16.2. The summed E-state index contributed by atoms with van der Waals surface area (Å²) in [6, 6.07) is 11.1. The first-order chi connectivity index (χ1) is 13.5. The molecule has 0 radical (unpaired) electrons. The maximum Gasteiger partial charge on any atom is 0.276 e. The van der Waals surface area contributed by atoms with Gasteiger partial charge in [-0.05, 0) is 42.0 Å². The van der Waals surface area contributed by atoms with Crippen LogP contribution in [-0.4, -0.2) is 37.0 Å². The van der Waals surface area contributed by atoms with E-state index in [1.165, 1.54) is 0 Å². The molecule has 4 rings (SSSR count). The number of nitrogens with one attached hydrogen (secondary N) is 1. The molecule has 0 bridgehead atoms. The molecule has 7 heteroatoms. The third-order valence-electron chi connectivity index (χ3n) is 4.94. The highest BCUT2D eigenvalue weighted by Gasteiger charge is 2.31. The lowest BCUT2D eigenvalue weighted by Crippen LogP contribution is -2.14. The monoisotopic (exact) mass is 379 g/mol. The number of hydrogen-bond acceptors (Lipinski definition) is 5. The van der Waals surface area contributed by atoms with Gasteiger partial charge in [0.2, 0.25) is 0 Å². The van der Waals surface area contributed by atoms with Crippen molar-refractivity contribution < 1.29 is 19.0 Å². The number of carbonyl (C=O) groups is 1. The largest absolute Gasteiger partial charge is 0.497 e. The Morgan fingerprint density at radius 1 is 1.04 bits per heavy atom. The molecule has 1 aromatic heterocycles. The summed E-state index contributed by atoms with van der Waals surface area (Å²) in [7, 11) is 6.67. The minimum atomic E-state index is -0.242. The van der Waals surface area contributed by atoms with E-state index >= 15 is 0 Å². The number of carbonyl (C=O) groups excluding carboxylic acids is 1. The molecule has 28 heavy (non-hydrogen) atoms. The zero-order chi connectivity index (χ0) is 19.8. The van der Waals surface area contributed by atoms with Crippen LogP contribution in [0.5, 0.6) is 17.2 Å². The Kier molecular flexibility index (Phi) is 4.43. The Morgan fingerprint density at radius 2 is 1.71 bits per heavy atom. The Hall–Kier alpha value is -3.48. The Morgan fingerprint density at radius 3 is 2.36 bits per heavy atom. The molecule has 1 amide bonds. The molecule has 144 valence electrons. The van der Waals surface area contributed by atoms with Gasteiger partial charge in [0, 0.05) is 30.3 Å². The lowest BCUT2D eigenvalue weighted by molar-refractivity contribution is 0.102. The van der Waals surface area contributed by atoms with E-state index in [2.05, 4.69) is 10.4 Å². The van der Waals surface area contributed by atoms with E-state index in [1.54, 1.807) is 50.3 Å². The second-order valence-corrected chi connectivity index (χ2v) is 6.52. The van der Waals surface area contributed by atoms with E-state index in [4.69, 9.17) is 14.2 Å². The fraction of sp³-hybridized carbons (Fsp3) is 0.238. The van der Waals surface area contributed by atoms with Gasteiger partial charge in [-0.2, -0.15) is 5.10 Å².